The molecule has 3 aromatic carbocycles. The molecule has 2 aliphatic carbocycles. The summed E-state index contributed by atoms with van der Waals surface area (Å²) in [5.41, 5.74) is 10.1. The summed E-state index contributed by atoms with van der Waals surface area (Å²) >= 11 is 0. The lowest BCUT2D eigenvalue weighted by molar-refractivity contribution is 0.526. The van der Waals surface area contributed by atoms with Crippen molar-refractivity contribution < 1.29 is 0 Å². The average Bonchev–Trinajstić information content (AvgIpc) is 3.58. The Labute approximate surface area is 278 Å². The Bertz CT molecular complexity index is 2110. The van der Waals surface area contributed by atoms with Crippen molar-refractivity contribution in [3.63, 3.8) is 0 Å². The molecule has 0 spiro atoms. The van der Waals surface area contributed by atoms with Crippen LogP contribution in [0.5, 0.6) is 0 Å². The molecule has 0 N–H and O–H groups in total. The number of allylic oxidation sites excluding steroid dienone is 12. The SMILES string of the molecule is C/C=C(\C=C/Cn1c2c(c3ccccc31)/C=C\CC/C=C\2)N(C1=CC=CCC1)C(/C=C\Cn1c2ccccc2c2ccccc21)=C/C. The van der Waals surface area contributed by atoms with Crippen molar-refractivity contribution in [3.05, 3.63) is 168 Å². The van der Waals surface area contributed by atoms with Gasteiger partial charge in [0.1, 0.15) is 0 Å². The minimum absolute atomic E-state index is 0.799. The van der Waals surface area contributed by atoms with E-state index in [9.17, 15) is 0 Å². The van der Waals surface area contributed by atoms with E-state index in [0.717, 1.165) is 38.8 Å². The zero-order valence-corrected chi connectivity index (χ0v) is 27.5. The van der Waals surface area contributed by atoms with Crippen LogP contribution in [0, 0.1) is 0 Å². The molecule has 0 aliphatic heterocycles. The van der Waals surface area contributed by atoms with E-state index in [4.69, 9.17) is 0 Å². The predicted molar refractivity (Wildman–Crippen MR) is 203 cm³/mol. The van der Waals surface area contributed by atoms with Gasteiger partial charge in [0.2, 0.25) is 0 Å². The van der Waals surface area contributed by atoms with Crippen molar-refractivity contribution in [2.24, 2.45) is 0 Å². The number of para-hydroxylation sites is 3. The normalized spacial score (nSPS) is 17.0. The average molecular weight is 614 g/mol. The maximum absolute atomic E-state index is 2.45. The van der Waals surface area contributed by atoms with Crippen LogP contribution in [0.25, 0.3) is 44.9 Å². The Balaban J connectivity index is 1.19. The summed E-state index contributed by atoms with van der Waals surface area (Å²) in [6, 6.07) is 26.2. The first-order valence-corrected chi connectivity index (χ1v) is 17.0. The fourth-order valence-corrected chi connectivity index (χ4v) is 7.10. The smallest absolute Gasteiger partial charge is 0.0494 e. The van der Waals surface area contributed by atoms with Gasteiger partial charge >= 0.3 is 0 Å². The van der Waals surface area contributed by atoms with Crippen LogP contribution in [0.15, 0.2) is 157 Å². The van der Waals surface area contributed by atoms with E-state index in [1.165, 1.54) is 61.1 Å². The second-order valence-corrected chi connectivity index (χ2v) is 12.1. The molecule has 7 rings (SSSR count). The Morgan fingerprint density at radius 3 is 1.79 bits per heavy atom. The van der Waals surface area contributed by atoms with Gasteiger partial charge in [0.05, 0.1) is 0 Å². The summed E-state index contributed by atoms with van der Waals surface area (Å²) in [5.74, 6) is 0. The Morgan fingerprint density at radius 1 is 0.638 bits per heavy atom. The standard InChI is InChI=1S/C44H43N3/c1-3-34(22-18-32-45-41-28-11-6-5-10-24-37(41)38-25-12-15-29-42(38)45)47(36-20-8-7-9-21-36)35(4-2)23-19-33-46-43-30-16-13-26-39(43)40-27-14-17-31-44(40)46/h3-4,7-8,10-20,22-31H,5-6,9,21,32-33H2,1-2H3/b22-18-,23-19-,24-10-,28-11-,34-3+,35-4+. The number of rotatable bonds is 9. The molecule has 0 saturated heterocycles. The second kappa shape index (κ2) is 14.0. The zero-order chi connectivity index (χ0) is 32.0. The Morgan fingerprint density at radius 2 is 1.19 bits per heavy atom. The molecule has 0 unspecified atom stereocenters. The quantitative estimate of drug-likeness (QED) is 0.151. The van der Waals surface area contributed by atoms with Gasteiger partial charge in [-0.15, -0.1) is 0 Å². The minimum atomic E-state index is 0.799. The molecule has 2 aromatic heterocycles. The van der Waals surface area contributed by atoms with Gasteiger partial charge in [-0.1, -0.05) is 109 Å². The molecule has 234 valence electrons. The molecule has 0 amide bonds. The fourth-order valence-electron chi connectivity index (χ4n) is 7.10. The molecule has 0 bridgehead atoms. The Hall–Kier alpha value is -5.28. The summed E-state index contributed by atoms with van der Waals surface area (Å²) in [5, 5.41) is 3.92. The molecule has 5 aromatic rings. The van der Waals surface area contributed by atoms with E-state index in [0.29, 0.717) is 0 Å². The van der Waals surface area contributed by atoms with Crippen LogP contribution in [0.3, 0.4) is 0 Å². The molecule has 47 heavy (non-hydrogen) atoms. The zero-order valence-electron chi connectivity index (χ0n) is 27.5. The first kappa shape index (κ1) is 30.4. The Kier molecular flexibility index (Phi) is 9.05. The van der Waals surface area contributed by atoms with E-state index in [1.807, 2.05) is 0 Å². The first-order chi connectivity index (χ1) is 23.3. The molecule has 3 heteroatoms. The van der Waals surface area contributed by atoms with Gasteiger partial charge in [-0.2, -0.15) is 0 Å². The molecule has 2 heterocycles. The molecular weight excluding hydrogens is 571 g/mol. The van der Waals surface area contributed by atoms with Crippen LogP contribution in [0.4, 0.5) is 0 Å². The highest BCUT2D eigenvalue weighted by Gasteiger charge is 2.17. The monoisotopic (exact) mass is 613 g/mol. The number of benzene rings is 3. The fraction of sp³-hybridized carbons (Fsp3) is 0.182. The topological polar surface area (TPSA) is 13.1 Å². The molecule has 0 fully saturated rings. The third-order valence-electron chi connectivity index (χ3n) is 9.33. The van der Waals surface area contributed by atoms with Crippen molar-refractivity contribution in [3.8, 4) is 0 Å². The van der Waals surface area contributed by atoms with Crippen LogP contribution in [-0.4, -0.2) is 14.0 Å². The largest absolute Gasteiger partial charge is 0.337 e. The molecular formula is C44H43N3. The van der Waals surface area contributed by atoms with Gasteiger partial charge in [0, 0.05) is 74.1 Å². The van der Waals surface area contributed by atoms with Gasteiger partial charge in [-0.25, -0.2) is 0 Å². The lowest BCUT2D eigenvalue weighted by atomic mass is 10.1. The summed E-state index contributed by atoms with van der Waals surface area (Å²) in [7, 11) is 0. The van der Waals surface area contributed by atoms with Gasteiger partial charge < -0.3 is 14.0 Å². The number of fused-ring (bicyclic) bond motifs is 6. The van der Waals surface area contributed by atoms with Gasteiger partial charge in [-0.05, 0) is 82.0 Å². The third-order valence-corrected chi connectivity index (χ3v) is 9.33. The predicted octanol–water partition coefficient (Wildman–Crippen LogP) is 11.7. The van der Waals surface area contributed by atoms with Crippen LogP contribution < -0.4 is 0 Å². The van der Waals surface area contributed by atoms with Crippen molar-refractivity contribution >= 4 is 44.9 Å². The summed E-state index contributed by atoms with van der Waals surface area (Å²) < 4.78 is 4.88. The van der Waals surface area contributed by atoms with Crippen molar-refractivity contribution in [2.75, 3.05) is 0 Å². The van der Waals surface area contributed by atoms with E-state index in [1.54, 1.807) is 0 Å². The van der Waals surface area contributed by atoms with Gasteiger partial charge in [0.15, 0.2) is 0 Å². The molecule has 0 saturated carbocycles. The summed E-state index contributed by atoms with van der Waals surface area (Å²) in [6.07, 6.45) is 33.9. The van der Waals surface area contributed by atoms with Crippen molar-refractivity contribution in [1.29, 1.82) is 0 Å². The number of nitrogens with zero attached hydrogens (tertiary/aromatic N) is 3. The lowest BCUT2D eigenvalue weighted by Crippen LogP contribution is -2.21. The maximum atomic E-state index is 2.45. The summed E-state index contributed by atoms with van der Waals surface area (Å²) in [4.78, 5) is 2.43. The van der Waals surface area contributed by atoms with Crippen LogP contribution in [0.2, 0.25) is 0 Å². The van der Waals surface area contributed by atoms with Crippen molar-refractivity contribution in [1.82, 2.24) is 14.0 Å². The van der Waals surface area contributed by atoms with E-state index in [2.05, 4.69) is 180 Å². The number of hydrogen-bond donors (Lipinski definition) is 0. The third kappa shape index (κ3) is 6.02. The minimum Gasteiger partial charge on any atom is -0.337 e. The highest BCUT2D eigenvalue weighted by Crippen LogP contribution is 2.32. The maximum Gasteiger partial charge on any atom is 0.0494 e. The molecule has 2 aliphatic rings. The van der Waals surface area contributed by atoms with Crippen LogP contribution in [0.1, 0.15) is 50.8 Å². The molecule has 0 atom stereocenters. The van der Waals surface area contributed by atoms with Crippen LogP contribution >= 0.6 is 0 Å². The number of hydrogen-bond acceptors (Lipinski definition) is 1. The highest BCUT2D eigenvalue weighted by molar-refractivity contribution is 6.08. The molecule has 0 radical (unpaired) electrons. The lowest BCUT2D eigenvalue weighted by Gasteiger charge is -2.30. The van der Waals surface area contributed by atoms with E-state index in [-0.39, 0.29) is 0 Å². The first-order valence-electron chi connectivity index (χ1n) is 17.0. The van der Waals surface area contributed by atoms with E-state index < -0.39 is 0 Å². The van der Waals surface area contributed by atoms with Gasteiger partial charge in [0.25, 0.3) is 0 Å². The van der Waals surface area contributed by atoms with Gasteiger partial charge in [-0.3, -0.25) is 0 Å². The highest BCUT2D eigenvalue weighted by atomic mass is 15.2. The summed E-state index contributed by atoms with van der Waals surface area (Å²) in [6.45, 7) is 5.89. The second-order valence-electron chi connectivity index (χ2n) is 12.1. The van der Waals surface area contributed by atoms with Crippen molar-refractivity contribution in [2.45, 2.75) is 52.6 Å². The molecule has 3 nitrogen and oxygen atoms in total. The van der Waals surface area contributed by atoms with Crippen LogP contribution in [-0.2, 0) is 13.1 Å². The van der Waals surface area contributed by atoms with E-state index >= 15 is 0 Å². The number of aromatic nitrogens is 2.